The summed E-state index contributed by atoms with van der Waals surface area (Å²) in [6.07, 6.45) is 1.58. The fourth-order valence-electron chi connectivity index (χ4n) is 1.98. The van der Waals surface area contributed by atoms with Crippen molar-refractivity contribution >= 4 is 22.6 Å². The van der Waals surface area contributed by atoms with Crippen molar-refractivity contribution in [3.63, 3.8) is 0 Å². The van der Waals surface area contributed by atoms with Crippen molar-refractivity contribution in [1.82, 2.24) is 14.3 Å². The minimum absolute atomic E-state index is 0.108. The topological polar surface area (TPSA) is 67.8 Å². The molecule has 0 saturated carbocycles. The first kappa shape index (κ1) is 15.2. The van der Waals surface area contributed by atoms with Crippen LogP contribution in [0.25, 0.3) is 11.4 Å². The van der Waals surface area contributed by atoms with E-state index < -0.39 is 17.5 Å². The van der Waals surface area contributed by atoms with Gasteiger partial charge in [0.1, 0.15) is 11.6 Å². The van der Waals surface area contributed by atoms with E-state index >= 15 is 0 Å². The lowest BCUT2D eigenvalue weighted by Crippen LogP contribution is -2.13. The van der Waals surface area contributed by atoms with Crippen LogP contribution in [-0.2, 0) is 0 Å². The number of pyridine rings is 1. The highest BCUT2D eigenvalue weighted by Gasteiger charge is 2.18. The number of halogens is 2. The van der Waals surface area contributed by atoms with E-state index in [9.17, 15) is 13.6 Å². The maximum Gasteiger partial charge on any atom is 0.259 e. The highest BCUT2D eigenvalue weighted by atomic mass is 32.1. The molecule has 0 aliphatic carbocycles. The van der Waals surface area contributed by atoms with E-state index in [4.69, 9.17) is 0 Å². The number of carbonyl (C=O) groups is 1. The Morgan fingerprint density at radius 3 is 2.61 bits per heavy atom. The number of carbonyl (C=O) groups excluding carboxylic acids is 1. The number of hydrogen-bond acceptors (Lipinski definition) is 5. The van der Waals surface area contributed by atoms with Gasteiger partial charge in [0.25, 0.3) is 5.91 Å². The smallest absolute Gasteiger partial charge is 0.259 e. The minimum atomic E-state index is -0.760. The van der Waals surface area contributed by atoms with Crippen molar-refractivity contribution in [3.8, 4) is 11.4 Å². The van der Waals surface area contributed by atoms with E-state index in [0.29, 0.717) is 11.3 Å². The maximum absolute atomic E-state index is 13.7. The Kier molecular flexibility index (Phi) is 4.07. The third-order valence-corrected chi connectivity index (χ3v) is 3.71. The predicted molar refractivity (Wildman–Crippen MR) is 82.2 cm³/mol. The number of benzene rings is 1. The van der Waals surface area contributed by atoms with E-state index in [2.05, 4.69) is 19.7 Å². The van der Waals surface area contributed by atoms with Crippen LogP contribution in [0.1, 0.15) is 16.1 Å². The van der Waals surface area contributed by atoms with Gasteiger partial charge in [-0.15, -0.1) is 0 Å². The molecular formula is C15H10F2N4OS. The zero-order chi connectivity index (χ0) is 16.4. The summed E-state index contributed by atoms with van der Waals surface area (Å²) in [5, 5.41) is 2.70. The zero-order valence-electron chi connectivity index (χ0n) is 11.9. The zero-order valence-corrected chi connectivity index (χ0v) is 12.7. The third-order valence-electron chi connectivity index (χ3n) is 3.08. The number of aromatic nitrogens is 3. The molecule has 8 heteroatoms. The Morgan fingerprint density at radius 2 is 1.91 bits per heavy atom. The summed E-state index contributed by atoms with van der Waals surface area (Å²) < 4.78 is 31.3. The minimum Gasteiger partial charge on any atom is -0.297 e. The lowest BCUT2D eigenvalue weighted by molar-refractivity contribution is 0.102. The quantitative estimate of drug-likeness (QED) is 0.798. The molecule has 0 aliphatic heterocycles. The fourth-order valence-corrected chi connectivity index (χ4v) is 2.55. The van der Waals surface area contributed by atoms with Crippen LogP contribution < -0.4 is 5.32 Å². The van der Waals surface area contributed by atoms with E-state index in [1.54, 1.807) is 25.3 Å². The van der Waals surface area contributed by atoms with Gasteiger partial charge < -0.3 is 0 Å². The molecule has 1 N–H and O–H groups in total. The van der Waals surface area contributed by atoms with Gasteiger partial charge in [0, 0.05) is 23.4 Å². The number of amides is 1. The SMILES string of the molecule is Cc1ncccc1C(=O)Nc1nc(-c2c(F)cccc2F)ns1. The highest BCUT2D eigenvalue weighted by Crippen LogP contribution is 2.26. The van der Waals surface area contributed by atoms with Crippen LogP contribution in [0, 0.1) is 18.6 Å². The molecule has 23 heavy (non-hydrogen) atoms. The first-order chi connectivity index (χ1) is 11.1. The van der Waals surface area contributed by atoms with Gasteiger partial charge in [-0.05, 0) is 31.2 Å². The molecule has 0 aliphatic rings. The van der Waals surface area contributed by atoms with Crippen molar-refractivity contribution in [3.05, 3.63) is 59.4 Å². The first-order valence-corrected chi connectivity index (χ1v) is 7.34. The fraction of sp³-hybridized carbons (Fsp3) is 0.0667. The molecule has 1 aromatic carbocycles. The van der Waals surface area contributed by atoms with Crippen LogP contribution in [0.15, 0.2) is 36.5 Å². The maximum atomic E-state index is 13.7. The molecule has 0 radical (unpaired) electrons. The lowest BCUT2D eigenvalue weighted by Gasteiger charge is -2.03. The van der Waals surface area contributed by atoms with Crippen LogP contribution in [-0.4, -0.2) is 20.2 Å². The highest BCUT2D eigenvalue weighted by molar-refractivity contribution is 7.10. The van der Waals surface area contributed by atoms with Crippen molar-refractivity contribution in [2.75, 3.05) is 5.32 Å². The van der Waals surface area contributed by atoms with Crippen LogP contribution in [0.3, 0.4) is 0 Å². The van der Waals surface area contributed by atoms with Gasteiger partial charge in [-0.2, -0.15) is 9.36 Å². The summed E-state index contributed by atoms with van der Waals surface area (Å²) in [4.78, 5) is 20.2. The molecular weight excluding hydrogens is 322 g/mol. The van der Waals surface area contributed by atoms with Gasteiger partial charge in [0.2, 0.25) is 5.13 Å². The third kappa shape index (κ3) is 3.07. The molecule has 1 amide bonds. The molecule has 3 aromatic rings. The number of anilines is 1. The Bertz CT molecular complexity index is 861. The van der Waals surface area contributed by atoms with Crippen LogP contribution in [0.5, 0.6) is 0 Å². The molecule has 2 heterocycles. The molecule has 0 atom stereocenters. The molecule has 0 saturated heterocycles. The van der Waals surface area contributed by atoms with Gasteiger partial charge in [-0.1, -0.05) is 6.07 Å². The summed E-state index contributed by atoms with van der Waals surface area (Å²) in [5.41, 5.74) is 0.637. The van der Waals surface area contributed by atoms with Crippen molar-refractivity contribution < 1.29 is 13.6 Å². The first-order valence-electron chi connectivity index (χ1n) is 6.57. The standard InChI is InChI=1S/C15H10F2N4OS/c1-8-9(4-3-7-18-8)14(22)20-15-19-13(21-23-15)12-10(16)5-2-6-11(12)17/h2-7H,1H3,(H,19,20,21,22). The van der Waals surface area contributed by atoms with E-state index in [0.717, 1.165) is 23.7 Å². The van der Waals surface area contributed by atoms with Gasteiger partial charge in [-0.3, -0.25) is 15.1 Å². The second-order valence-electron chi connectivity index (χ2n) is 4.61. The average molecular weight is 332 g/mol. The van der Waals surface area contributed by atoms with Crippen LogP contribution >= 0.6 is 11.5 Å². The average Bonchev–Trinajstić information content (AvgIpc) is 2.95. The molecule has 5 nitrogen and oxygen atoms in total. The monoisotopic (exact) mass is 332 g/mol. The Morgan fingerprint density at radius 1 is 1.17 bits per heavy atom. The second-order valence-corrected chi connectivity index (χ2v) is 5.36. The van der Waals surface area contributed by atoms with Crippen molar-refractivity contribution in [2.24, 2.45) is 0 Å². The Balaban J connectivity index is 1.86. The van der Waals surface area contributed by atoms with Gasteiger partial charge in [-0.25, -0.2) is 8.78 Å². The normalized spacial score (nSPS) is 10.6. The number of aryl methyl sites for hydroxylation is 1. The lowest BCUT2D eigenvalue weighted by atomic mass is 10.2. The molecule has 0 unspecified atom stereocenters. The molecule has 0 fully saturated rings. The number of nitrogens with one attached hydrogen (secondary N) is 1. The Hall–Kier alpha value is -2.74. The van der Waals surface area contributed by atoms with Gasteiger partial charge in [0.15, 0.2) is 5.82 Å². The van der Waals surface area contributed by atoms with E-state index in [1.807, 2.05) is 0 Å². The van der Waals surface area contributed by atoms with E-state index in [1.165, 1.54) is 6.07 Å². The summed E-state index contributed by atoms with van der Waals surface area (Å²) in [6.45, 7) is 1.70. The van der Waals surface area contributed by atoms with Crippen molar-refractivity contribution in [1.29, 1.82) is 0 Å². The Labute approximate surface area is 134 Å². The molecule has 0 spiro atoms. The summed E-state index contributed by atoms with van der Waals surface area (Å²) >= 11 is 0.844. The summed E-state index contributed by atoms with van der Waals surface area (Å²) in [5.74, 6) is -2.04. The summed E-state index contributed by atoms with van der Waals surface area (Å²) in [7, 11) is 0. The molecule has 2 aromatic heterocycles. The van der Waals surface area contributed by atoms with Crippen LogP contribution in [0.2, 0.25) is 0 Å². The second kappa shape index (κ2) is 6.17. The van der Waals surface area contributed by atoms with Crippen molar-refractivity contribution in [2.45, 2.75) is 6.92 Å². The molecule has 0 bridgehead atoms. The van der Waals surface area contributed by atoms with Crippen LogP contribution in [0.4, 0.5) is 13.9 Å². The summed E-state index contributed by atoms with van der Waals surface area (Å²) in [6, 6.07) is 6.76. The molecule has 116 valence electrons. The largest absolute Gasteiger partial charge is 0.297 e. The van der Waals surface area contributed by atoms with Gasteiger partial charge >= 0.3 is 0 Å². The predicted octanol–water partition coefficient (Wildman–Crippen LogP) is 3.44. The number of nitrogens with zero attached hydrogens (tertiary/aromatic N) is 3. The van der Waals surface area contributed by atoms with E-state index in [-0.39, 0.29) is 16.5 Å². The van der Waals surface area contributed by atoms with Gasteiger partial charge in [0.05, 0.1) is 11.1 Å². The number of hydrogen-bond donors (Lipinski definition) is 1. The molecule has 3 rings (SSSR count). The number of rotatable bonds is 3.